The van der Waals surface area contributed by atoms with Crippen molar-refractivity contribution >= 4 is 21.7 Å². The van der Waals surface area contributed by atoms with Gasteiger partial charge >= 0.3 is 0 Å². The minimum Gasteiger partial charge on any atom is -0.352 e. The van der Waals surface area contributed by atoms with Crippen molar-refractivity contribution in [2.75, 3.05) is 31.6 Å². The fraction of sp³-hybridized carbons (Fsp3) is 0.615. The zero-order valence-corrected chi connectivity index (χ0v) is 12.4. The SMILES string of the molecule is Cc1ccnc(N2CCCN(C)CC2C)c1Br. The Hall–Kier alpha value is -0.610. The molecule has 1 aliphatic heterocycles. The van der Waals surface area contributed by atoms with Crippen LogP contribution in [0.2, 0.25) is 0 Å². The van der Waals surface area contributed by atoms with Crippen molar-refractivity contribution in [1.29, 1.82) is 0 Å². The number of pyridine rings is 1. The highest BCUT2D eigenvalue weighted by Gasteiger charge is 2.22. The van der Waals surface area contributed by atoms with E-state index < -0.39 is 0 Å². The molecule has 0 aromatic carbocycles. The second kappa shape index (κ2) is 5.36. The Kier molecular flexibility index (Phi) is 4.05. The fourth-order valence-electron chi connectivity index (χ4n) is 2.41. The lowest BCUT2D eigenvalue weighted by Crippen LogP contribution is -2.38. The van der Waals surface area contributed by atoms with E-state index in [9.17, 15) is 0 Å². The molecule has 0 spiro atoms. The largest absolute Gasteiger partial charge is 0.352 e. The van der Waals surface area contributed by atoms with Gasteiger partial charge in [-0.3, -0.25) is 0 Å². The van der Waals surface area contributed by atoms with Crippen LogP contribution >= 0.6 is 15.9 Å². The predicted molar refractivity (Wildman–Crippen MR) is 75.6 cm³/mol. The Morgan fingerprint density at radius 2 is 2.18 bits per heavy atom. The minimum atomic E-state index is 0.507. The van der Waals surface area contributed by atoms with Crippen molar-refractivity contribution in [3.8, 4) is 0 Å². The lowest BCUT2D eigenvalue weighted by molar-refractivity contribution is 0.337. The van der Waals surface area contributed by atoms with Crippen molar-refractivity contribution in [2.24, 2.45) is 0 Å². The average molecular weight is 298 g/mol. The minimum absolute atomic E-state index is 0.507. The Bertz CT molecular complexity index is 394. The van der Waals surface area contributed by atoms with Crippen LogP contribution in [0.3, 0.4) is 0 Å². The molecule has 1 aliphatic rings. The fourth-order valence-corrected chi connectivity index (χ4v) is 2.88. The summed E-state index contributed by atoms with van der Waals surface area (Å²) in [6.45, 7) is 7.75. The lowest BCUT2D eigenvalue weighted by Gasteiger charge is -2.30. The first kappa shape index (κ1) is 12.8. The summed E-state index contributed by atoms with van der Waals surface area (Å²) in [6, 6.07) is 2.55. The van der Waals surface area contributed by atoms with Crippen molar-refractivity contribution in [2.45, 2.75) is 26.3 Å². The molecule has 0 amide bonds. The van der Waals surface area contributed by atoms with Gasteiger partial charge in [-0.15, -0.1) is 0 Å². The third-order valence-electron chi connectivity index (χ3n) is 3.38. The maximum absolute atomic E-state index is 4.54. The van der Waals surface area contributed by atoms with Gasteiger partial charge in [-0.05, 0) is 61.4 Å². The van der Waals surface area contributed by atoms with Crippen LogP contribution in [0.1, 0.15) is 18.9 Å². The van der Waals surface area contributed by atoms with Crippen LogP contribution < -0.4 is 4.90 Å². The number of aryl methyl sites for hydroxylation is 1. The van der Waals surface area contributed by atoms with Crippen LogP contribution in [-0.4, -0.2) is 42.6 Å². The van der Waals surface area contributed by atoms with Gasteiger partial charge in [0.1, 0.15) is 5.82 Å². The molecule has 1 saturated heterocycles. The number of hydrogen-bond donors (Lipinski definition) is 0. The van der Waals surface area contributed by atoms with Gasteiger partial charge in [-0.2, -0.15) is 0 Å². The van der Waals surface area contributed by atoms with Crippen LogP contribution in [0.25, 0.3) is 0 Å². The van der Waals surface area contributed by atoms with Gasteiger partial charge in [0.25, 0.3) is 0 Å². The van der Waals surface area contributed by atoms with E-state index in [4.69, 9.17) is 0 Å². The summed E-state index contributed by atoms with van der Waals surface area (Å²) in [5, 5.41) is 0. The quantitative estimate of drug-likeness (QED) is 0.794. The van der Waals surface area contributed by atoms with Gasteiger partial charge < -0.3 is 9.80 Å². The van der Waals surface area contributed by atoms with Gasteiger partial charge in [-0.1, -0.05) is 0 Å². The number of anilines is 1. The number of likely N-dealkylation sites (N-methyl/N-ethyl adjacent to an activating group) is 1. The van der Waals surface area contributed by atoms with Gasteiger partial charge in [0.15, 0.2) is 0 Å². The molecule has 4 heteroatoms. The lowest BCUT2D eigenvalue weighted by atomic mass is 10.2. The summed E-state index contributed by atoms with van der Waals surface area (Å²) in [5.74, 6) is 1.09. The second-order valence-electron chi connectivity index (χ2n) is 4.92. The second-order valence-corrected chi connectivity index (χ2v) is 5.72. The molecule has 3 nitrogen and oxygen atoms in total. The molecule has 1 aromatic rings. The van der Waals surface area contributed by atoms with E-state index >= 15 is 0 Å². The molecule has 0 N–H and O–H groups in total. The highest BCUT2D eigenvalue weighted by Crippen LogP contribution is 2.29. The first-order valence-electron chi connectivity index (χ1n) is 6.16. The highest BCUT2D eigenvalue weighted by atomic mass is 79.9. The molecule has 1 fully saturated rings. The van der Waals surface area contributed by atoms with Crippen LogP contribution in [-0.2, 0) is 0 Å². The summed E-state index contributed by atoms with van der Waals surface area (Å²) < 4.78 is 1.14. The van der Waals surface area contributed by atoms with Gasteiger partial charge in [0.05, 0.1) is 4.47 Å². The van der Waals surface area contributed by atoms with Crippen molar-refractivity contribution in [3.05, 3.63) is 22.3 Å². The summed E-state index contributed by atoms with van der Waals surface area (Å²) in [6.07, 6.45) is 3.10. The highest BCUT2D eigenvalue weighted by molar-refractivity contribution is 9.10. The molecular formula is C13H20BrN3. The molecule has 1 aromatic heterocycles. The summed E-state index contributed by atoms with van der Waals surface area (Å²) in [7, 11) is 2.19. The molecular weight excluding hydrogens is 278 g/mol. The summed E-state index contributed by atoms with van der Waals surface area (Å²) in [5.41, 5.74) is 1.25. The van der Waals surface area contributed by atoms with Crippen LogP contribution in [0.15, 0.2) is 16.7 Å². The smallest absolute Gasteiger partial charge is 0.143 e. The van der Waals surface area contributed by atoms with Gasteiger partial charge in [-0.25, -0.2) is 4.98 Å². The van der Waals surface area contributed by atoms with Crippen molar-refractivity contribution in [1.82, 2.24) is 9.88 Å². The van der Waals surface area contributed by atoms with E-state index in [0.717, 1.165) is 23.4 Å². The van der Waals surface area contributed by atoms with E-state index in [1.54, 1.807) is 0 Å². The first-order valence-corrected chi connectivity index (χ1v) is 6.95. The van der Waals surface area contributed by atoms with E-state index in [0.29, 0.717) is 6.04 Å². The molecule has 2 heterocycles. The number of rotatable bonds is 1. The molecule has 94 valence electrons. The monoisotopic (exact) mass is 297 g/mol. The maximum atomic E-state index is 4.54. The molecule has 0 saturated carbocycles. The Morgan fingerprint density at radius 3 is 2.94 bits per heavy atom. The molecule has 0 aliphatic carbocycles. The standard InChI is InChI=1S/C13H20BrN3/c1-10-5-6-15-13(12(10)14)17-8-4-7-16(3)9-11(17)2/h5-6,11H,4,7-9H2,1-3H3. The van der Waals surface area contributed by atoms with Crippen LogP contribution in [0.5, 0.6) is 0 Å². The third-order valence-corrected chi connectivity index (χ3v) is 4.36. The zero-order valence-electron chi connectivity index (χ0n) is 10.8. The van der Waals surface area contributed by atoms with E-state index in [1.807, 2.05) is 12.3 Å². The first-order chi connectivity index (χ1) is 8.09. The number of hydrogen-bond acceptors (Lipinski definition) is 3. The van der Waals surface area contributed by atoms with Gasteiger partial charge in [0.2, 0.25) is 0 Å². The molecule has 17 heavy (non-hydrogen) atoms. The Balaban J connectivity index is 2.28. The zero-order chi connectivity index (χ0) is 12.4. The van der Waals surface area contributed by atoms with E-state index in [1.165, 1.54) is 18.5 Å². The topological polar surface area (TPSA) is 19.4 Å². The normalized spacial score (nSPS) is 22.6. The number of nitrogens with zero attached hydrogens (tertiary/aromatic N) is 3. The predicted octanol–water partition coefficient (Wildman–Crippen LogP) is 2.68. The Labute approximate surface area is 112 Å². The maximum Gasteiger partial charge on any atom is 0.143 e. The number of halogens is 1. The summed E-state index contributed by atoms with van der Waals surface area (Å²) >= 11 is 3.67. The third kappa shape index (κ3) is 2.80. The van der Waals surface area contributed by atoms with Crippen molar-refractivity contribution < 1.29 is 0 Å². The number of aromatic nitrogens is 1. The molecule has 2 rings (SSSR count). The van der Waals surface area contributed by atoms with Crippen LogP contribution in [0.4, 0.5) is 5.82 Å². The summed E-state index contributed by atoms with van der Waals surface area (Å²) in [4.78, 5) is 9.35. The van der Waals surface area contributed by atoms with E-state index in [2.05, 4.69) is 51.6 Å². The Morgan fingerprint density at radius 1 is 1.41 bits per heavy atom. The van der Waals surface area contributed by atoms with Crippen LogP contribution in [0, 0.1) is 6.92 Å². The molecule has 0 bridgehead atoms. The van der Waals surface area contributed by atoms with Gasteiger partial charge in [0, 0.05) is 25.3 Å². The van der Waals surface area contributed by atoms with E-state index in [-0.39, 0.29) is 0 Å². The molecule has 0 radical (unpaired) electrons. The average Bonchev–Trinajstić information content (AvgIpc) is 2.44. The molecule has 1 atom stereocenters. The van der Waals surface area contributed by atoms with Crippen molar-refractivity contribution in [3.63, 3.8) is 0 Å². The molecule has 1 unspecified atom stereocenters.